The molecule has 2 rings (SSSR count). The second-order valence-electron chi connectivity index (χ2n) is 4.13. The highest BCUT2D eigenvalue weighted by Gasteiger charge is 2.47. The van der Waals surface area contributed by atoms with E-state index in [9.17, 15) is 4.79 Å². The van der Waals surface area contributed by atoms with E-state index in [-0.39, 0.29) is 11.3 Å². The zero-order chi connectivity index (χ0) is 10.2. The lowest BCUT2D eigenvalue weighted by atomic mass is 10.1. The Morgan fingerprint density at radius 3 is 2.29 bits per heavy atom. The molecule has 0 aliphatic heterocycles. The van der Waals surface area contributed by atoms with Crippen molar-refractivity contribution >= 4 is 11.5 Å². The minimum atomic E-state index is -0.241. The third-order valence-corrected chi connectivity index (χ3v) is 2.86. The molecule has 1 aromatic rings. The number of rotatable bonds is 3. The molecule has 1 saturated carbocycles. The van der Waals surface area contributed by atoms with E-state index >= 15 is 0 Å². The van der Waals surface area contributed by atoms with E-state index in [1.54, 1.807) is 6.92 Å². The van der Waals surface area contributed by atoms with Crippen LogP contribution in [-0.2, 0) is 4.79 Å². The maximum Gasteiger partial charge on any atom is 0.155 e. The molecule has 0 unspecified atom stereocenters. The largest absolute Gasteiger partial charge is 0.373 e. The maximum absolute atomic E-state index is 11.3. The molecular weight excluding hydrogens is 174 g/mol. The molecule has 14 heavy (non-hydrogen) atoms. The number of carbonyl (C=O) groups is 1. The highest BCUT2D eigenvalue weighted by Crippen LogP contribution is 2.39. The molecule has 2 nitrogen and oxygen atoms in total. The maximum atomic E-state index is 11.3. The monoisotopic (exact) mass is 189 g/mol. The summed E-state index contributed by atoms with van der Waals surface area (Å²) in [6, 6.07) is 8.16. The molecule has 0 atom stereocenters. The van der Waals surface area contributed by atoms with Crippen LogP contribution in [0.25, 0.3) is 0 Å². The van der Waals surface area contributed by atoms with Gasteiger partial charge in [-0.1, -0.05) is 17.7 Å². The number of hydrogen-bond donors (Lipinski definition) is 1. The molecular formula is C12H15NO. The number of aryl methyl sites for hydroxylation is 1. The Bertz CT molecular complexity index is 349. The van der Waals surface area contributed by atoms with Crippen molar-refractivity contribution in [3.63, 3.8) is 0 Å². The third kappa shape index (κ3) is 1.65. The summed E-state index contributed by atoms with van der Waals surface area (Å²) in [5.74, 6) is 0.248. The van der Waals surface area contributed by atoms with E-state index in [0.29, 0.717) is 0 Å². The van der Waals surface area contributed by atoms with Crippen molar-refractivity contribution in [3.8, 4) is 0 Å². The first-order chi connectivity index (χ1) is 6.62. The lowest BCUT2D eigenvalue weighted by Gasteiger charge is -2.15. The Labute approximate surface area is 84.3 Å². The molecule has 1 aliphatic rings. The molecule has 1 aliphatic carbocycles. The smallest absolute Gasteiger partial charge is 0.155 e. The summed E-state index contributed by atoms with van der Waals surface area (Å²) in [7, 11) is 0. The fourth-order valence-corrected chi connectivity index (χ4v) is 1.60. The second kappa shape index (κ2) is 3.12. The molecule has 0 bridgehead atoms. The van der Waals surface area contributed by atoms with Gasteiger partial charge in [0.15, 0.2) is 5.78 Å². The molecule has 1 fully saturated rings. The molecule has 2 heteroatoms. The fourth-order valence-electron chi connectivity index (χ4n) is 1.60. The van der Waals surface area contributed by atoms with Gasteiger partial charge in [0.2, 0.25) is 0 Å². The Morgan fingerprint density at radius 2 is 1.86 bits per heavy atom. The van der Waals surface area contributed by atoms with Crippen molar-refractivity contribution in [1.82, 2.24) is 0 Å². The SMILES string of the molecule is CC(=O)C1(Nc2ccc(C)cc2)CC1. The first-order valence-electron chi connectivity index (χ1n) is 4.98. The van der Waals surface area contributed by atoms with Crippen molar-refractivity contribution in [1.29, 1.82) is 0 Å². The minimum Gasteiger partial charge on any atom is -0.373 e. The average Bonchev–Trinajstić information content (AvgIpc) is 2.90. The number of Topliss-reactive ketones (excluding diaryl/α,β-unsaturated/α-hetero) is 1. The molecule has 74 valence electrons. The van der Waals surface area contributed by atoms with Gasteiger partial charge in [-0.3, -0.25) is 4.79 Å². The van der Waals surface area contributed by atoms with Gasteiger partial charge < -0.3 is 5.32 Å². The second-order valence-corrected chi connectivity index (χ2v) is 4.13. The first kappa shape index (κ1) is 9.25. The van der Waals surface area contributed by atoms with Gasteiger partial charge in [0.25, 0.3) is 0 Å². The number of hydrogen-bond acceptors (Lipinski definition) is 2. The zero-order valence-corrected chi connectivity index (χ0v) is 8.63. The summed E-state index contributed by atoms with van der Waals surface area (Å²) in [6.07, 6.45) is 1.94. The molecule has 1 N–H and O–H groups in total. The highest BCUT2D eigenvalue weighted by atomic mass is 16.1. The Hall–Kier alpha value is -1.31. The predicted octanol–water partition coefficient (Wildman–Crippen LogP) is 2.53. The number of benzene rings is 1. The van der Waals surface area contributed by atoms with Crippen LogP contribution in [0.3, 0.4) is 0 Å². The van der Waals surface area contributed by atoms with Crippen molar-refractivity contribution in [2.75, 3.05) is 5.32 Å². The van der Waals surface area contributed by atoms with Crippen molar-refractivity contribution < 1.29 is 4.79 Å². The molecule has 0 radical (unpaired) electrons. The van der Waals surface area contributed by atoms with E-state index in [1.165, 1.54) is 5.56 Å². The topological polar surface area (TPSA) is 29.1 Å². The number of carbonyl (C=O) groups excluding carboxylic acids is 1. The average molecular weight is 189 g/mol. The van der Waals surface area contributed by atoms with Gasteiger partial charge in [-0.25, -0.2) is 0 Å². The quantitative estimate of drug-likeness (QED) is 0.791. The van der Waals surface area contributed by atoms with Crippen molar-refractivity contribution in [3.05, 3.63) is 29.8 Å². The summed E-state index contributed by atoms with van der Waals surface area (Å²) in [5, 5.41) is 3.31. The first-order valence-corrected chi connectivity index (χ1v) is 4.98. The van der Waals surface area contributed by atoms with Gasteiger partial charge in [-0.2, -0.15) is 0 Å². The molecule has 0 amide bonds. The molecule has 0 saturated heterocycles. The standard InChI is InChI=1S/C12H15NO/c1-9-3-5-11(6-4-9)13-12(7-8-12)10(2)14/h3-6,13H,7-8H2,1-2H3. The minimum absolute atomic E-state index is 0.241. The van der Waals surface area contributed by atoms with Crippen LogP contribution >= 0.6 is 0 Å². The van der Waals surface area contributed by atoms with Gasteiger partial charge in [0.1, 0.15) is 0 Å². The summed E-state index contributed by atoms with van der Waals surface area (Å²) in [6.45, 7) is 3.72. The lowest BCUT2D eigenvalue weighted by Crippen LogP contribution is -2.29. The van der Waals surface area contributed by atoms with E-state index < -0.39 is 0 Å². The normalized spacial score (nSPS) is 17.6. The van der Waals surface area contributed by atoms with Crippen LogP contribution in [0.15, 0.2) is 24.3 Å². The van der Waals surface area contributed by atoms with Crippen LogP contribution in [0.4, 0.5) is 5.69 Å². The molecule has 0 aromatic heterocycles. The van der Waals surface area contributed by atoms with Crippen LogP contribution in [-0.4, -0.2) is 11.3 Å². The fraction of sp³-hybridized carbons (Fsp3) is 0.417. The summed E-state index contributed by atoms with van der Waals surface area (Å²) < 4.78 is 0. The van der Waals surface area contributed by atoms with Crippen LogP contribution in [0.1, 0.15) is 25.3 Å². The zero-order valence-electron chi connectivity index (χ0n) is 8.63. The van der Waals surface area contributed by atoms with Gasteiger partial charge >= 0.3 is 0 Å². The Morgan fingerprint density at radius 1 is 1.29 bits per heavy atom. The van der Waals surface area contributed by atoms with E-state index in [0.717, 1.165) is 18.5 Å². The van der Waals surface area contributed by atoms with Gasteiger partial charge in [0.05, 0.1) is 5.54 Å². The van der Waals surface area contributed by atoms with E-state index in [4.69, 9.17) is 0 Å². The van der Waals surface area contributed by atoms with Crippen LogP contribution in [0.5, 0.6) is 0 Å². The van der Waals surface area contributed by atoms with Crippen LogP contribution < -0.4 is 5.32 Å². The Kier molecular flexibility index (Phi) is 2.06. The Balaban J connectivity index is 2.11. The highest BCUT2D eigenvalue weighted by molar-refractivity contribution is 5.92. The molecule has 1 aromatic carbocycles. The van der Waals surface area contributed by atoms with Crippen molar-refractivity contribution in [2.45, 2.75) is 32.2 Å². The van der Waals surface area contributed by atoms with Crippen LogP contribution in [0.2, 0.25) is 0 Å². The lowest BCUT2D eigenvalue weighted by molar-refractivity contribution is -0.118. The van der Waals surface area contributed by atoms with Gasteiger partial charge in [0, 0.05) is 5.69 Å². The van der Waals surface area contributed by atoms with Gasteiger partial charge in [-0.05, 0) is 38.8 Å². The molecule has 0 spiro atoms. The summed E-state index contributed by atoms with van der Waals surface area (Å²) in [4.78, 5) is 11.3. The number of ketones is 1. The van der Waals surface area contributed by atoms with Crippen molar-refractivity contribution in [2.24, 2.45) is 0 Å². The van der Waals surface area contributed by atoms with E-state index in [1.807, 2.05) is 12.1 Å². The number of nitrogens with one attached hydrogen (secondary N) is 1. The van der Waals surface area contributed by atoms with Gasteiger partial charge in [-0.15, -0.1) is 0 Å². The molecule has 0 heterocycles. The third-order valence-electron chi connectivity index (χ3n) is 2.86. The summed E-state index contributed by atoms with van der Waals surface area (Å²) >= 11 is 0. The van der Waals surface area contributed by atoms with Crippen LogP contribution in [0, 0.1) is 6.92 Å². The summed E-state index contributed by atoms with van der Waals surface area (Å²) in [5.41, 5.74) is 2.04. The van der Waals surface area contributed by atoms with E-state index in [2.05, 4.69) is 24.4 Å². The number of anilines is 1. The predicted molar refractivity (Wildman–Crippen MR) is 57.4 cm³/mol.